The van der Waals surface area contributed by atoms with Gasteiger partial charge in [0.15, 0.2) is 0 Å². The maximum absolute atomic E-state index is 6.82. The predicted molar refractivity (Wildman–Crippen MR) is 146 cm³/mol. The summed E-state index contributed by atoms with van der Waals surface area (Å²) >= 11 is 10.1. The Bertz CT molecular complexity index is 971. The molecule has 3 rings (SSSR count). The van der Waals surface area contributed by atoms with E-state index in [2.05, 4.69) is 60.9 Å². The number of likely N-dealkylation sites (N-methyl/N-ethyl adjacent to an activating group) is 1. The second-order valence-electron chi connectivity index (χ2n) is 7.11. The van der Waals surface area contributed by atoms with Crippen LogP contribution in [0.2, 0.25) is 5.02 Å². The lowest BCUT2D eigenvalue weighted by atomic mass is 10.1. The Morgan fingerprint density at radius 1 is 1.22 bits per heavy atom. The Kier molecular flexibility index (Phi) is 12.3. The lowest BCUT2D eigenvalue weighted by molar-refractivity contribution is 0.592. The number of thiazole rings is 1. The molecular formula is C25H39ClN4S2. The summed E-state index contributed by atoms with van der Waals surface area (Å²) in [4.78, 5) is 10.2. The van der Waals surface area contributed by atoms with E-state index in [1.54, 1.807) is 22.7 Å². The summed E-state index contributed by atoms with van der Waals surface area (Å²) in [7, 11) is 2.11. The summed E-state index contributed by atoms with van der Waals surface area (Å²) < 4.78 is 2.19. The zero-order valence-electron chi connectivity index (χ0n) is 21.3. The molecule has 0 aliphatic heterocycles. The Morgan fingerprint density at radius 3 is 2.44 bits per heavy atom. The van der Waals surface area contributed by atoms with Crippen LogP contribution in [0.4, 0.5) is 0 Å². The molecule has 178 valence electrons. The Morgan fingerprint density at radius 2 is 1.88 bits per heavy atom. The summed E-state index contributed by atoms with van der Waals surface area (Å²) in [5.74, 6) is 0.962. The number of rotatable bonds is 7. The summed E-state index contributed by atoms with van der Waals surface area (Å²) in [5, 5.41) is 8.01. The molecule has 3 aromatic heterocycles. The highest BCUT2D eigenvalue weighted by molar-refractivity contribution is 7.16. The van der Waals surface area contributed by atoms with E-state index in [1.807, 2.05) is 46.2 Å². The van der Waals surface area contributed by atoms with Crippen molar-refractivity contribution in [2.75, 3.05) is 12.1 Å². The van der Waals surface area contributed by atoms with Gasteiger partial charge in [-0.15, -0.1) is 22.7 Å². The van der Waals surface area contributed by atoms with E-state index in [0.717, 1.165) is 50.5 Å². The molecule has 0 amide bonds. The lowest BCUT2D eigenvalue weighted by Gasteiger charge is -2.29. The number of hydrogen-bond acceptors (Lipinski definition) is 5. The predicted octanol–water partition coefficient (Wildman–Crippen LogP) is 8.76. The molecule has 0 aliphatic rings. The average Bonchev–Trinajstić information content (AvgIpc) is 3.49. The fourth-order valence-electron chi connectivity index (χ4n) is 3.49. The zero-order chi connectivity index (χ0) is 24.4. The molecule has 32 heavy (non-hydrogen) atoms. The first-order valence-corrected chi connectivity index (χ1v) is 13.6. The number of nitrogens with zero attached hydrogens (tertiary/aromatic N) is 4. The highest BCUT2D eigenvalue weighted by Crippen LogP contribution is 2.43. The minimum Gasteiger partial charge on any atom is -0.307 e. The van der Waals surface area contributed by atoms with Crippen LogP contribution in [0.1, 0.15) is 72.8 Å². The minimum atomic E-state index is 0.245. The first-order chi connectivity index (χ1) is 15.3. The van der Waals surface area contributed by atoms with Gasteiger partial charge in [-0.3, -0.25) is 0 Å². The van der Waals surface area contributed by atoms with E-state index in [1.165, 1.54) is 5.57 Å². The fourth-order valence-corrected chi connectivity index (χ4v) is 5.74. The normalized spacial score (nSPS) is 11.9. The molecule has 3 aromatic rings. The van der Waals surface area contributed by atoms with Crippen LogP contribution in [0, 0.1) is 13.8 Å². The quantitative estimate of drug-likeness (QED) is 0.308. The Balaban J connectivity index is 0.00000121. The molecule has 0 fully saturated rings. The Labute approximate surface area is 208 Å². The van der Waals surface area contributed by atoms with Crippen molar-refractivity contribution >= 4 is 34.3 Å². The average molecular weight is 495 g/mol. The van der Waals surface area contributed by atoms with Crippen molar-refractivity contribution < 1.29 is 0 Å². The molecule has 7 heteroatoms. The van der Waals surface area contributed by atoms with Crippen LogP contribution in [0.25, 0.3) is 21.1 Å². The maximum atomic E-state index is 6.82. The summed E-state index contributed by atoms with van der Waals surface area (Å²) in [6.07, 6.45) is 6.44. The number of thiophene rings is 1. The topological polar surface area (TPSA) is 34.0 Å². The molecule has 1 unspecified atom stereocenters. The fraction of sp³-hybridized carbons (Fsp3) is 0.520. The molecular weight excluding hydrogens is 456 g/mol. The molecule has 0 aromatic carbocycles. The molecule has 1 atom stereocenters. The molecule has 0 aliphatic carbocycles. The van der Waals surface area contributed by atoms with Gasteiger partial charge in [-0.25, -0.2) is 14.6 Å². The van der Waals surface area contributed by atoms with Crippen molar-refractivity contribution in [3.8, 4) is 21.1 Å². The third kappa shape index (κ3) is 6.46. The van der Waals surface area contributed by atoms with Crippen LogP contribution in [0.5, 0.6) is 0 Å². The number of halogens is 1. The molecule has 0 saturated carbocycles. The van der Waals surface area contributed by atoms with E-state index in [0.29, 0.717) is 0 Å². The number of hydrogen-bond donors (Lipinski definition) is 0. The van der Waals surface area contributed by atoms with Gasteiger partial charge in [0.1, 0.15) is 16.5 Å². The van der Waals surface area contributed by atoms with Crippen LogP contribution < -0.4 is 5.01 Å². The van der Waals surface area contributed by atoms with E-state index < -0.39 is 0 Å². The standard InChI is InChI=1S/C21H27ClN4S2.2C2H6/c1-7-8-13(2)11-14(3)25(6)26-16(5)24-15(4)19(26)20-18(22)17(12-28-20)21-23-9-10-27-21;2*1-2/h9-12,14H,7-8H2,1-6H3;2*1-2H3/b13-11+;;. The molecule has 0 saturated heterocycles. The first kappa shape index (κ1) is 28.4. The second-order valence-corrected chi connectivity index (χ2v) is 9.26. The summed E-state index contributed by atoms with van der Waals surface area (Å²) in [5.41, 5.74) is 4.46. The molecule has 0 radical (unpaired) electrons. The van der Waals surface area contributed by atoms with Crippen LogP contribution in [-0.4, -0.2) is 27.7 Å². The largest absolute Gasteiger partial charge is 0.307 e. The van der Waals surface area contributed by atoms with Crippen molar-refractivity contribution in [3.05, 3.63) is 45.1 Å². The van der Waals surface area contributed by atoms with Crippen LogP contribution in [-0.2, 0) is 0 Å². The number of allylic oxidation sites excluding steroid dienone is 1. The van der Waals surface area contributed by atoms with Crippen molar-refractivity contribution in [1.29, 1.82) is 0 Å². The van der Waals surface area contributed by atoms with E-state index >= 15 is 0 Å². The third-order valence-electron chi connectivity index (χ3n) is 4.87. The van der Waals surface area contributed by atoms with Gasteiger partial charge in [-0.05, 0) is 34.1 Å². The first-order valence-electron chi connectivity index (χ1n) is 11.5. The molecule has 0 spiro atoms. The minimum absolute atomic E-state index is 0.245. The van der Waals surface area contributed by atoms with Crippen LogP contribution in [0.3, 0.4) is 0 Å². The smallest absolute Gasteiger partial charge is 0.125 e. The van der Waals surface area contributed by atoms with E-state index in [9.17, 15) is 0 Å². The van der Waals surface area contributed by atoms with Crippen molar-refractivity contribution in [2.24, 2.45) is 0 Å². The van der Waals surface area contributed by atoms with Crippen molar-refractivity contribution in [1.82, 2.24) is 14.6 Å². The number of aryl methyl sites for hydroxylation is 2. The summed E-state index contributed by atoms with van der Waals surface area (Å²) in [6.45, 7) is 18.7. The van der Waals surface area contributed by atoms with Gasteiger partial charge in [-0.2, -0.15) is 0 Å². The highest BCUT2D eigenvalue weighted by atomic mass is 35.5. The maximum Gasteiger partial charge on any atom is 0.125 e. The molecule has 0 N–H and O–H groups in total. The SMILES string of the molecule is CC.CC.CCC/C(C)=C/C(C)N(C)n1c(C)nc(C)c1-c1scc(-c2nccs2)c1Cl. The van der Waals surface area contributed by atoms with Gasteiger partial charge >= 0.3 is 0 Å². The molecule has 0 bridgehead atoms. The van der Waals surface area contributed by atoms with Crippen molar-refractivity contribution in [3.63, 3.8) is 0 Å². The van der Waals surface area contributed by atoms with Gasteiger partial charge in [0.25, 0.3) is 0 Å². The van der Waals surface area contributed by atoms with Gasteiger partial charge in [-0.1, -0.05) is 64.3 Å². The second kappa shape index (κ2) is 13.8. The van der Waals surface area contributed by atoms with Crippen molar-refractivity contribution in [2.45, 2.75) is 81.2 Å². The Hall–Kier alpha value is -1.63. The van der Waals surface area contributed by atoms with Gasteiger partial charge < -0.3 is 5.01 Å². The van der Waals surface area contributed by atoms with E-state index in [-0.39, 0.29) is 6.04 Å². The highest BCUT2D eigenvalue weighted by Gasteiger charge is 2.24. The lowest BCUT2D eigenvalue weighted by Crippen LogP contribution is -2.38. The van der Waals surface area contributed by atoms with Crippen LogP contribution in [0.15, 0.2) is 28.6 Å². The molecule has 4 nitrogen and oxygen atoms in total. The van der Waals surface area contributed by atoms with Gasteiger partial charge in [0.05, 0.1) is 21.6 Å². The van der Waals surface area contributed by atoms with E-state index in [4.69, 9.17) is 16.6 Å². The monoisotopic (exact) mass is 494 g/mol. The molecule has 3 heterocycles. The van der Waals surface area contributed by atoms with Gasteiger partial charge in [0.2, 0.25) is 0 Å². The number of aromatic nitrogens is 3. The number of imidazole rings is 1. The third-order valence-corrected chi connectivity index (χ3v) is 7.17. The summed E-state index contributed by atoms with van der Waals surface area (Å²) in [6, 6.07) is 0.245. The van der Waals surface area contributed by atoms with Crippen LogP contribution >= 0.6 is 34.3 Å². The van der Waals surface area contributed by atoms with Gasteiger partial charge in [0, 0.05) is 29.6 Å². The zero-order valence-corrected chi connectivity index (χ0v) is 23.7.